The van der Waals surface area contributed by atoms with Crippen molar-refractivity contribution >= 4 is 5.96 Å². The molecule has 1 aromatic heterocycles. The van der Waals surface area contributed by atoms with Gasteiger partial charge in [-0.1, -0.05) is 19.8 Å². The van der Waals surface area contributed by atoms with E-state index in [9.17, 15) is 0 Å². The smallest absolute Gasteiger partial charge is 0.191 e. The van der Waals surface area contributed by atoms with Gasteiger partial charge in [-0.15, -0.1) is 0 Å². The van der Waals surface area contributed by atoms with Gasteiger partial charge in [0.15, 0.2) is 5.96 Å². The largest absolute Gasteiger partial charge is 0.469 e. The lowest BCUT2D eigenvalue weighted by atomic mass is 9.86. The van der Waals surface area contributed by atoms with Crippen molar-refractivity contribution in [2.75, 3.05) is 39.9 Å². The zero-order valence-corrected chi connectivity index (χ0v) is 17.7. The molecule has 6 nitrogen and oxygen atoms in total. The van der Waals surface area contributed by atoms with E-state index in [4.69, 9.17) is 14.1 Å². The first-order valence-electron chi connectivity index (χ1n) is 11.1. The molecule has 2 heterocycles. The summed E-state index contributed by atoms with van der Waals surface area (Å²) in [5, 5.41) is 7.48. The van der Waals surface area contributed by atoms with Crippen molar-refractivity contribution < 1.29 is 9.15 Å². The van der Waals surface area contributed by atoms with E-state index in [2.05, 4.69) is 22.5 Å². The molecule has 0 bridgehead atoms. The van der Waals surface area contributed by atoms with Gasteiger partial charge in [0.1, 0.15) is 5.76 Å². The Morgan fingerprint density at radius 2 is 2.04 bits per heavy atom. The van der Waals surface area contributed by atoms with Crippen LogP contribution in [0.5, 0.6) is 0 Å². The molecule has 2 atom stereocenters. The number of methoxy groups -OCH3 is 1. The molecule has 1 aliphatic heterocycles. The molecule has 1 saturated carbocycles. The summed E-state index contributed by atoms with van der Waals surface area (Å²) in [5.41, 5.74) is 0. The molecule has 3 rings (SSSR count). The van der Waals surface area contributed by atoms with Crippen molar-refractivity contribution in [2.45, 2.75) is 64.0 Å². The molecule has 28 heavy (non-hydrogen) atoms. The average Bonchev–Trinajstić information content (AvgIpc) is 3.22. The molecule has 6 heteroatoms. The van der Waals surface area contributed by atoms with Gasteiger partial charge >= 0.3 is 0 Å². The Morgan fingerprint density at radius 1 is 1.21 bits per heavy atom. The zero-order chi connectivity index (χ0) is 19.6. The van der Waals surface area contributed by atoms with Crippen LogP contribution in [0.1, 0.15) is 51.2 Å². The predicted octanol–water partition coefficient (Wildman–Crippen LogP) is 3.05. The molecule has 0 spiro atoms. The number of guanidine groups is 1. The molecule has 1 aromatic rings. The Hall–Kier alpha value is -1.53. The van der Waals surface area contributed by atoms with Crippen molar-refractivity contribution in [2.24, 2.45) is 10.9 Å². The van der Waals surface area contributed by atoms with Gasteiger partial charge in [-0.2, -0.15) is 0 Å². The minimum Gasteiger partial charge on any atom is -0.469 e. The monoisotopic (exact) mass is 390 g/mol. The van der Waals surface area contributed by atoms with Crippen LogP contribution in [-0.4, -0.2) is 62.8 Å². The minimum absolute atomic E-state index is 0.493. The lowest BCUT2D eigenvalue weighted by Crippen LogP contribution is -2.52. The number of likely N-dealkylation sites (tertiary alicyclic amines) is 1. The normalized spacial score (nSPS) is 25.0. The quantitative estimate of drug-likeness (QED) is 0.528. The maximum absolute atomic E-state index is 5.45. The van der Waals surface area contributed by atoms with Crippen molar-refractivity contribution in [3.8, 4) is 0 Å². The van der Waals surface area contributed by atoms with E-state index in [1.54, 1.807) is 13.4 Å². The standard InChI is InChI=1S/C22H38N4O2/c1-18-6-3-4-8-21(18)25-22(23-12-9-20-7-5-16-28-20)24-19-10-13-26(14-11-19)15-17-27-2/h5,7,16,18-19,21H,3-4,6,8-15,17H2,1-2H3,(H2,23,24,25). The molecule has 2 N–H and O–H groups in total. The fourth-order valence-electron chi connectivity index (χ4n) is 4.29. The highest BCUT2D eigenvalue weighted by atomic mass is 16.5. The highest BCUT2D eigenvalue weighted by Gasteiger charge is 2.24. The molecule has 158 valence electrons. The Kier molecular flexibility index (Phi) is 8.68. The van der Waals surface area contributed by atoms with Crippen molar-refractivity contribution in [1.82, 2.24) is 15.5 Å². The van der Waals surface area contributed by atoms with Crippen LogP contribution < -0.4 is 10.6 Å². The van der Waals surface area contributed by atoms with E-state index in [1.165, 1.54) is 25.7 Å². The first-order chi connectivity index (χ1) is 13.7. The number of nitrogens with zero attached hydrogens (tertiary/aromatic N) is 2. The molecular weight excluding hydrogens is 352 g/mol. The lowest BCUT2D eigenvalue weighted by Gasteiger charge is -2.35. The van der Waals surface area contributed by atoms with E-state index in [-0.39, 0.29) is 0 Å². The molecule has 0 radical (unpaired) electrons. The van der Waals surface area contributed by atoms with Gasteiger partial charge in [-0.05, 0) is 43.7 Å². The number of piperidine rings is 1. The summed E-state index contributed by atoms with van der Waals surface area (Å²) >= 11 is 0. The molecule has 2 aliphatic rings. The van der Waals surface area contributed by atoms with Crippen molar-refractivity contribution in [3.05, 3.63) is 24.2 Å². The van der Waals surface area contributed by atoms with Gasteiger partial charge in [-0.3, -0.25) is 4.99 Å². The number of hydrogen-bond donors (Lipinski definition) is 2. The van der Waals surface area contributed by atoms with E-state index in [0.717, 1.165) is 63.8 Å². The summed E-state index contributed by atoms with van der Waals surface area (Å²) in [6, 6.07) is 4.99. The van der Waals surface area contributed by atoms with E-state index in [1.807, 2.05) is 12.1 Å². The van der Waals surface area contributed by atoms with Crippen LogP contribution in [-0.2, 0) is 11.2 Å². The van der Waals surface area contributed by atoms with Gasteiger partial charge in [0.2, 0.25) is 0 Å². The van der Waals surface area contributed by atoms with Crippen LogP contribution in [0.4, 0.5) is 0 Å². The number of aliphatic imine (C=N–C) groups is 1. The number of nitrogens with one attached hydrogen (secondary N) is 2. The summed E-state index contributed by atoms with van der Waals surface area (Å²) in [5.74, 6) is 2.70. The summed E-state index contributed by atoms with van der Waals surface area (Å²) in [6.07, 6.45) is 10.1. The number of rotatable bonds is 8. The minimum atomic E-state index is 0.493. The maximum atomic E-state index is 5.45. The third kappa shape index (κ3) is 6.82. The molecule has 1 aliphatic carbocycles. The lowest BCUT2D eigenvalue weighted by molar-refractivity contribution is 0.128. The van der Waals surface area contributed by atoms with E-state index >= 15 is 0 Å². The Bertz CT molecular complexity index is 567. The SMILES string of the molecule is COCCN1CCC(NC(=NCCc2ccco2)NC2CCCCC2C)CC1. The maximum Gasteiger partial charge on any atom is 0.191 e. The Labute approximate surface area is 170 Å². The number of hydrogen-bond acceptors (Lipinski definition) is 4. The van der Waals surface area contributed by atoms with Crippen LogP contribution in [0.2, 0.25) is 0 Å². The second-order valence-electron chi connectivity index (χ2n) is 8.33. The van der Waals surface area contributed by atoms with Crippen molar-refractivity contribution in [3.63, 3.8) is 0 Å². The number of furan rings is 1. The molecule has 0 amide bonds. The summed E-state index contributed by atoms with van der Waals surface area (Å²) < 4.78 is 10.7. The fraction of sp³-hybridized carbons (Fsp3) is 0.773. The first kappa shape index (κ1) is 21.2. The average molecular weight is 391 g/mol. The second-order valence-corrected chi connectivity index (χ2v) is 8.33. The van der Waals surface area contributed by atoms with Gasteiger partial charge in [0.05, 0.1) is 12.9 Å². The predicted molar refractivity (Wildman–Crippen MR) is 114 cm³/mol. The van der Waals surface area contributed by atoms with Crippen LogP contribution in [0, 0.1) is 5.92 Å². The number of ether oxygens (including phenoxy) is 1. The van der Waals surface area contributed by atoms with Gasteiger partial charge in [0.25, 0.3) is 0 Å². The summed E-state index contributed by atoms with van der Waals surface area (Å²) in [7, 11) is 1.78. The molecular formula is C22H38N4O2. The van der Waals surface area contributed by atoms with E-state index < -0.39 is 0 Å². The molecule has 1 saturated heterocycles. The van der Waals surface area contributed by atoms with Crippen LogP contribution in [0.25, 0.3) is 0 Å². The van der Waals surface area contributed by atoms with Gasteiger partial charge in [0, 0.05) is 51.8 Å². The van der Waals surface area contributed by atoms with E-state index in [0.29, 0.717) is 18.0 Å². The Morgan fingerprint density at radius 3 is 2.75 bits per heavy atom. The fourth-order valence-corrected chi connectivity index (χ4v) is 4.29. The van der Waals surface area contributed by atoms with Gasteiger partial charge < -0.3 is 24.7 Å². The molecule has 2 unspecified atom stereocenters. The zero-order valence-electron chi connectivity index (χ0n) is 17.7. The van der Waals surface area contributed by atoms with Crippen LogP contribution in [0.15, 0.2) is 27.8 Å². The summed E-state index contributed by atoms with van der Waals surface area (Å²) in [4.78, 5) is 7.38. The molecule has 2 fully saturated rings. The summed E-state index contributed by atoms with van der Waals surface area (Å²) in [6.45, 7) is 7.22. The first-order valence-corrected chi connectivity index (χ1v) is 11.1. The topological polar surface area (TPSA) is 62.0 Å². The highest BCUT2D eigenvalue weighted by molar-refractivity contribution is 5.80. The van der Waals surface area contributed by atoms with Crippen LogP contribution in [0.3, 0.4) is 0 Å². The van der Waals surface area contributed by atoms with Crippen molar-refractivity contribution in [1.29, 1.82) is 0 Å². The molecule has 0 aromatic carbocycles. The van der Waals surface area contributed by atoms with Crippen LogP contribution >= 0.6 is 0 Å². The Balaban J connectivity index is 1.52. The third-order valence-electron chi connectivity index (χ3n) is 6.18. The van der Waals surface area contributed by atoms with Gasteiger partial charge in [-0.25, -0.2) is 0 Å². The third-order valence-corrected chi connectivity index (χ3v) is 6.18. The second kappa shape index (κ2) is 11.5. The highest BCUT2D eigenvalue weighted by Crippen LogP contribution is 2.23.